The largest absolute Gasteiger partial charge is 0.490 e. The van der Waals surface area contributed by atoms with E-state index in [1.807, 2.05) is 43.3 Å². The second-order valence-electron chi connectivity index (χ2n) is 6.79. The zero-order chi connectivity index (χ0) is 20.2. The molecule has 0 fully saturated rings. The van der Waals surface area contributed by atoms with Crippen molar-refractivity contribution in [3.05, 3.63) is 54.1 Å². The molecule has 0 aliphatic carbocycles. The van der Waals surface area contributed by atoms with Crippen LogP contribution >= 0.6 is 0 Å². The van der Waals surface area contributed by atoms with Crippen LogP contribution in [0.4, 0.5) is 5.69 Å². The fourth-order valence-corrected chi connectivity index (χ4v) is 3.13. The second-order valence-corrected chi connectivity index (χ2v) is 6.79. The molecule has 2 aromatic carbocycles. The van der Waals surface area contributed by atoms with Crippen molar-refractivity contribution in [1.82, 2.24) is 10.7 Å². The first-order valence-electron chi connectivity index (χ1n) is 9.51. The van der Waals surface area contributed by atoms with E-state index in [-0.39, 0.29) is 24.3 Å². The Morgan fingerprint density at radius 3 is 2.69 bits per heavy atom. The van der Waals surface area contributed by atoms with E-state index in [0.29, 0.717) is 30.4 Å². The van der Waals surface area contributed by atoms with Crippen molar-refractivity contribution in [1.29, 1.82) is 0 Å². The molecule has 1 atom stereocenters. The Morgan fingerprint density at radius 1 is 1.14 bits per heavy atom. The molecule has 4 rings (SSSR count). The van der Waals surface area contributed by atoms with Crippen molar-refractivity contribution in [3.63, 3.8) is 0 Å². The van der Waals surface area contributed by atoms with Crippen LogP contribution in [0.2, 0.25) is 0 Å². The van der Waals surface area contributed by atoms with Crippen molar-refractivity contribution in [2.75, 3.05) is 24.8 Å². The first-order valence-corrected chi connectivity index (χ1v) is 9.51. The van der Waals surface area contributed by atoms with E-state index in [2.05, 4.69) is 15.7 Å². The van der Waals surface area contributed by atoms with E-state index in [0.717, 1.165) is 12.0 Å². The SMILES string of the molecule is CC(NC(=O)C1=NCC(=O)N(c2ccccc2)N1)c1ccc2c(c1)OCCCO2. The molecule has 150 valence electrons. The van der Waals surface area contributed by atoms with Crippen LogP contribution in [-0.2, 0) is 9.59 Å². The number of hydrogen-bond donors (Lipinski definition) is 2. The van der Waals surface area contributed by atoms with Gasteiger partial charge in [0.05, 0.1) is 24.9 Å². The number of benzene rings is 2. The van der Waals surface area contributed by atoms with Gasteiger partial charge in [0.1, 0.15) is 6.54 Å². The summed E-state index contributed by atoms with van der Waals surface area (Å²) in [6.45, 7) is 3.01. The molecule has 2 amide bonds. The minimum Gasteiger partial charge on any atom is -0.490 e. The van der Waals surface area contributed by atoms with Gasteiger partial charge in [0.15, 0.2) is 11.5 Å². The summed E-state index contributed by atoms with van der Waals surface area (Å²) in [7, 11) is 0. The lowest BCUT2D eigenvalue weighted by Crippen LogP contribution is -2.56. The van der Waals surface area contributed by atoms with Crippen LogP contribution in [0.15, 0.2) is 53.5 Å². The fraction of sp³-hybridized carbons (Fsp3) is 0.286. The number of carbonyl (C=O) groups is 2. The molecule has 0 saturated heterocycles. The van der Waals surface area contributed by atoms with E-state index in [4.69, 9.17) is 9.47 Å². The van der Waals surface area contributed by atoms with Crippen LogP contribution < -0.4 is 25.2 Å². The standard InChI is InChI=1S/C21H22N4O4/c1-14(15-8-9-17-18(12-15)29-11-5-10-28-17)23-21(27)20-22-13-19(26)25(24-20)16-6-3-2-4-7-16/h2-4,6-9,12,14H,5,10-11,13H2,1H3,(H,22,24)(H,23,27). The summed E-state index contributed by atoms with van der Waals surface area (Å²) in [6, 6.07) is 14.4. The van der Waals surface area contributed by atoms with Gasteiger partial charge in [0.2, 0.25) is 5.84 Å². The molecule has 8 nitrogen and oxygen atoms in total. The molecule has 1 unspecified atom stereocenters. The number of hydrazine groups is 1. The summed E-state index contributed by atoms with van der Waals surface area (Å²) in [5, 5.41) is 4.24. The maximum atomic E-state index is 12.7. The van der Waals surface area contributed by atoms with Crippen molar-refractivity contribution in [3.8, 4) is 11.5 Å². The number of hydrogen-bond acceptors (Lipinski definition) is 6. The van der Waals surface area contributed by atoms with Gasteiger partial charge in [-0.25, -0.2) is 5.01 Å². The van der Waals surface area contributed by atoms with Crippen LogP contribution in [0.25, 0.3) is 0 Å². The third-order valence-corrected chi connectivity index (χ3v) is 4.69. The van der Waals surface area contributed by atoms with Gasteiger partial charge in [-0.2, -0.15) is 0 Å². The van der Waals surface area contributed by atoms with E-state index in [1.54, 1.807) is 12.1 Å². The Morgan fingerprint density at radius 2 is 1.90 bits per heavy atom. The monoisotopic (exact) mass is 394 g/mol. The van der Waals surface area contributed by atoms with E-state index in [1.165, 1.54) is 5.01 Å². The summed E-state index contributed by atoms with van der Waals surface area (Å²) < 4.78 is 11.4. The van der Waals surface area contributed by atoms with Gasteiger partial charge >= 0.3 is 0 Å². The first-order chi connectivity index (χ1) is 14.1. The number of rotatable bonds is 4. The maximum absolute atomic E-state index is 12.7. The first kappa shape index (κ1) is 18.8. The molecule has 2 heterocycles. The summed E-state index contributed by atoms with van der Waals surface area (Å²) >= 11 is 0. The van der Waals surface area contributed by atoms with Crippen LogP contribution in [-0.4, -0.2) is 37.4 Å². The molecule has 0 saturated carbocycles. The third kappa shape index (κ3) is 4.16. The molecule has 8 heteroatoms. The number of aliphatic imine (C=N–C) groups is 1. The predicted molar refractivity (Wildman–Crippen MR) is 108 cm³/mol. The van der Waals surface area contributed by atoms with E-state index in [9.17, 15) is 9.59 Å². The summed E-state index contributed by atoms with van der Waals surface area (Å²) in [6.07, 6.45) is 0.832. The molecule has 0 spiro atoms. The topological polar surface area (TPSA) is 92.3 Å². The highest BCUT2D eigenvalue weighted by Gasteiger charge is 2.26. The third-order valence-electron chi connectivity index (χ3n) is 4.69. The van der Waals surface area contributed by atoms with Gasteiger partial charge in [-0.15, -0.1) is 0 Å². The highest BCUT2D eigenvalue weighted by Crippen LogP contribution is 2.32. The van der Waals surface area contributed by atoms with Crippen LogP contribution in [0.1, 0.15) is 24.9 Å². The Kier molecular flexibility index (Phi) is 5.33. The summed E-state index contributed by atoms with van der Waals surface area (Å²) in [4.78, 5) is 29.0. The number of ether oxygens (including phenoxy) is 2. The number of para-hydroxylation sites is 1. The number of carbonyl (C=O) groups excluding carboxylic acids is 2. The molecule has 2 aliphatic rings. The van der Waals surface area contributed by atoms with Gasteiger partial charge < -0.3 is 14.8 Å². The quantitative estimate of drug-likeness (QED) is 0.827. The Labute approximate surface area is 168 Å². The molecular weight excluding hydrogens is 372 g/mol. The van der Waals surface area contributed by atoms with Crippen molar-refractivity contribution in [2.24, 2.45) is 4.99 Å². The van der Waals surface area contributed by atoms with Crippen LogP contribution in [0.5, 0.6) is 11.5 Å². The fourth-order valence-electron chi connectivity index (χ4n) is 3.13. The normalized spacial score (nSPS) is 16.9. The highest BCUT2D eigenvalue weighted by molar-refractivity contribution is 6.39. The zero-order valence-electron chi connectivity index (χ0n) is 16.1. The van der Waals surface area contributed by atoms with Gasteiger partial charge in [-0.05, 0) is 36.8 Å². The number of amides is 2. The molecule has 0 radical (unpaired) electrons. The lowest BCUT2D eigenvalue weighted by atomic mass is 10.1. The lowest BCUT2D eigenvalue weighted by Gasteiger charge is -2.28. The Hall–Kier alpha value is -3.55. The van der Waals surface area contributed by atoms with Gasteiger partial charge in [0.25, 0.3) is 11.8 Å². The van der Waals surface area contributed by atoms with E-state index >= 15 is 0 Å². The van der Waals surface area contributed by atoms with Crippen molar-refractivity contribution in [2.45, 2.75) is 19.4 Å². The number of fused-ring (bicyclic) bond motifs is 1. The zero-order valence-corrected chi connectivity index (χ0v) is 16.1. The average molecular weight is 394 g/mol. The van der Waals surface area contributed by atoms with Gasteiger partial charge in [0, 0.05) is 6.42 Å². The van der Waals surface area contributed by atoms with Crippen LogP contribution in [0, 0.1) is 0 Å². The Balaban J connectivity index is 1.45. The van der Waals surface area contributed by atoms with E-state index < -0.39 is 5.91 Å². The highest BCUT2D eigenvalue weighted by atomic mass is 16.5. The second kappa shape index (κ2) is 8.22. The van der Waals surface area contributed by atoms with Crippen LogP contribution in [0.3, 0.4) is 0 Å². The predicted octanol–water partition coefficient (Wildman–Crippen LogP) is 1.97. The summed E-state index contributed by atoms with van der Waals surface area (Å²) in [5.74, 6) is 0.853. The molecular formula is C21H22N4O4. The van der Waals surface area contributed by atoms with Crippen molar-refractivity contribution < 1.29 is 19.1 Å². The number of nitrogens with one attached hydrogen (secondary N) is 2. The molecule has 2 N–H and O–H groups in total. The smallest absolute Gasteiger partial charge is 0.288 e. The molecule has 2 aliphatic heterocycles. The Bertz CT molecular complexity index is 945. The van der Waals surface area contributed by atoms with Gasteiger partial charge in [-0.1, -0.05) is 24.3 Å². The number of anilines is 1. The molecule has 2 aromatic rings. The number of amidine groups is 1. The average Bonchev–Trinajstić information content (AvgIpc) is 2.99. The lowest BCUT2D eigenvalue weighted by molar-refractivity contribution is -0.118. The number of nitrogens with zero attached hydrogens (tertiary/aromatic N) is 2. The summed E-state index contributed by atoms with van der Waals surface area (Å²) in [5.41, 5.74) is 4.34. The molecule has 0 aromatic heterocycles. The van der Waals surface area contributed by atoms with Gasteiger partial charge in [-0.3, -0.25) is 20.0 Å². The minimum atomic E-state index is -0.391. The molecule has 29 heavy (non-hydrogen) atoms. The molecule has 0 bridgehead atoms. The van der Waals surface area contributed by atoms with Crippen molar-refractivity contribution >= 4 is 23.3 Å². The maximum Gasteiger partial charge on any atom is 0.288 e. The minimum absolute atomic E-state index is 0.0923.